The Morgan fingerprint density at radius 1 is 1.14 bits per heavy atom. The summed E-state index contributed by atoms with van der Waals surface area (Å²) >= 11 is 1.83. The van der Waals surface area contributed by atoms with E-state index in [0.717, 1.165) is 25.2 Å². The fraction of sp³-hybridized carbons (Fsp3) is 0.444. The van der Waals surface area contributed by atoms with E-state index >= 15 is 0 Å². The molecular formula is C18H25NOS. The summed E-state index contributed by atoms with van der Waals surface area (Å²) in [6.45, 7) is 7.36. The second kappa shape index (κ2) is 8.20. The Morgan fingerprint density at radius 3 is 2.52 bits per heavy atom. The third kappa shape index (κ3) is 5.18. The van der Waals surface area contributed by atoms with Crippen LogP contribution in [0.1, 0.15) is 43.7 Å². The summed E-state index contributed by atoms with van der Waals surface area (Å²) in [5.74, 6) is 0.958. The van der Waals surface area contributed by atoms with E-state index in [1.165, 1.54) is 10.4 Å². The van der Waals surface area contributed by atoms with E-state index in [9.17, 15) is 0 Å². The lowest BCUT2D eigenvalue weighted by molar-refractivity contribution is 0.317. The molecule has 0 spiro atoms. The molecule has 1 heterocycles. The molecule has 2 nitrogen and oxygen atoms in total. The first-order valence-electron chi connectivity index (χ1n) is 7.70. The second-order valence-corrected chi connectivity index (χ2v) is 6.52. The Hall–Kier alpha value is -1.32. The van der Waals surface area contributed by atoms with Crippen molar-refractivity contribution in [2.75, 3.05) is 6.61 Å². The van der Waals surface area contributed by atoms with Crippen molar-refractivity contribution in [3.05, 3.63) is 52.2 Å². The Kier molecular flexibility index (Phi) is 6.27. The van der Waals surface area contributed by atoms with Crippen molar-refractivity contribution in [2.45, 2.75) is 45.7 Å². The highest BCUT2D eigenvalue weighted by Crippen LogP contribution is 2.19. The van der Waals surface area contributed by atoms with Crippen LogP contribution in [0.5, 0.6) is 5.75 Å². The van der Waals surface area contributed by atoms with Gasteiger partial charge in [0.25, 0.3) is 0 Å². The maximum absolute atomic E-state index is 5.62. The monoisotopic (exact) mass is 303 g/mol. The highest BCUT2D eigenvalue weighted by molar-refractivity contribution is 7.09. The fourth-order valence-electron chi connectivity index (χ4n) is 2.39. The van der Waals surface area contributed by atoms with Gasteiger partial charge in [0.2, 0.25) is 0 Å². The summed E-state index contributed by atoms with van der Waals surface area (Å²) in [7, 11) is 0. The van der Waals surface area contributed by atoms with Gasteiger partial charge in [-0.3, -0.25) is 0 Å². The molecule has 3 heteroatoms. The normalized spacial score (nSPS) is 13.9. The maximum Gasteiger partial charge on any atom is 0.119 e. The van der Waals surface area contributed by atoms with E-state index in [2.05, 4.69) is 67.9 Å². The van der Waals surface area contributed by atoms with Crippen LogP contribution >= 0.6 is 11.3 Å². The van der Waals surface area contributed by atoms with E-state index < -0.39 is 0 Å². The number of rotatable bonds is 8. The summed E-state index contributed by atoms with van der Waals surface area (Å²) in [6, 6.07) is 13.6. The van der Waals surface area contributed by atoms with Crippen molar-refractivity contribution in [3.63, 3.8) is 0 Å². The van der Waals surface area contributed by atoms with Crippen LogP contribution in [-0.4, -0.2) is 12.6 Å². The van der Waals surface area contributed by atoms with Crippen LogP contribution in [0.4, 0.5) is 0 Å². The lowest BCUT2D eigenvalue weighted by Gasteiger charge is -2.20. The Morgan fingerprint density at radius 2 is 1.90 bits per heavy atom. The molecule has 0 amide bonds. The third-order valence-corrected chi connectivity index (χ3v) is 4.37. The lowest BCUT2D eigenvalue weighted by atomic mass is 10.1. The zero-order valence-corrected chi connectivity index (χ0v) is 14.0. The molecule has 1 N–H and O–H groups in total. The highest BCUT2D eigenvalue weighted by atomic mass is 32.1. The molecular weight excluding hydrogens is 278 g/mol. The van der Waals surface area contributed by atoms with Gasteiger partial charge in [0.15, 0.2) is 0 Å². The number of benzene rings is 1. The van der Waals surface area contributed by atoms with Gasteiger partial charge in [-0.15, -0.1) is 11.3 Å². The predicted octanol–water partition coefficient (Wildman–Crippen LogP) is 4.82. The molecule has 0 aliphatic rings. The first kappa shape index (κ1) is 16.1. The number of hydrogen-bond acceptors (Lipinski definition) is 3. The first-order valence-corrected chi connectivity index (χ1v) is 8.58. The van der Waals surface area contributed by atoms with Crippen LogP contribution in [0, 0.1) is 0 Å². The predicted molar refractivity (Wildman–Crippen MR) is 91.3 cm³/mol. The topological polar surface area (TPSA) is 21.3 Å². The van der Waals surface area contributed by atoms with Gasteiger partial charge in [0.1, 0.15) is 5.75 Å². The van der Waals surface area contributed by atoms with Crippen LogP contribution in [0.15, 0.2) is 41.8 Å². The summed E-state index contributed by atoms with van der Waals surface area (Å²) in [5, 5.41) is 5.80. The third-order valence-electron chi connectivity index (χ3n) is 3.47. The van der Waals surface area contributed by atoms with Crippen molar-refractivity contribution < 1.29 is 4.74 Å². The zero-order chi connectivity index (χ0) is 15.1. The SMILES string of the molecule is CCCOc1ccc(C(C)NC(C)Cc2cccs2)cc1. The van der Waals surface area contributed by atoms with Crippen LogP contribution in [0.3, 0.4) is 0 Å². The number of nitrogens with one attached hydrogen (secondary N) is 1. The minimum absolute atomic E-state index is 0.347. The van der Waals surface area contributed by atoms with E-state index in [4.69, 9.17) is 4.74 Å². The molecule has 0 bridgehead atoms. The standard InChI is InChI=1S/C18H25NOS/c1-4-11-20-17-9-7-16(8-10-17)15(3)19-14(2)13-18-6-5-12-21-18/h5-10,12,14-15,19H,4,11,13H2,1-3H3. The molecule has 114 valence electrons. The van der Waals surface area contributed by atoms with E-state index in [1.807, 2.05) is 11.3 Å². The molecule has 2 rings (SSSR count). The van der Waals surface area contributed by atoms with Gasteiger partial charge in [-0.25, -0.2) is 0 Å². The summed E-state index contributed by atoms with van der Waals surface area (Å²) in [5.41, 5.74) is 1.30. The molecule has 2 unspecified atom stereocenters. The van der Waals surface area contributed by atoms with Gasteiger partial charge in [-0.1, -0.05) is 25.1 Å². The fourth-order valence-corrected chi connectivity index (χ4v) is 3.22. The van der Waals surface area contributed by atoms with Crippen LogP contribution in [0.2, 0.25) is 0 Å². The lowest BCUT2D eigenvalue weighted by Crippen LogP contribution is -2.30. The van der Waals surface area contributed by atoms with Crippen molar-refractivity contribution in [1.82, 2.24) is 5.32 Å². The molecule has 0 aliphatic heterocycles. The Bertz CT molecular complexity index is 507. The average molecular weight is 303 g/mol. The summed E-state index contributed by atoms with van der Waals surface area (Å²) in [4.78, 5) is 1.44. The summed E-state index contributed by atoms with van der Waals surface area (Å²) < 4.78 is 5.62. The maximum atomic E-state index is 5.62. The molecule has 21 heavy (non-hydrogen) atoms. The van der Waals surface area contributed by atoms with E-state index in [1.54, 1.807) is 0 Å². The molecule has 0 radical (unpaired) electrons. The van der Waals surface area contributed by atoms with Gasteiger partial charge in [0, 0.05) is 17.0 Å². The molecule has 1 aromatic heterocycles. The molecule has 0 saturated heterocycles. The molecule has 2 aromatic rings. The Balaban J connectivity index is 1.85. The molecule has 1 aromatic carbocycles. The second-order valence-electron chi connectivity index (χ2n) is 5.49. The average Bonchev–Trinajstić information content (AvgIpc) is 2.98. The molecule has 0 aliphatic carbocycles. The van der Waals surface area contributed by atoms with Crippen molar-refractivity contribution in [3.8, 4) is 5.75 Å². The number of ether oxygens (including phenoxy) is 1. The van der Waals surface area contributed by atoms with Gasteiger partial charge in [-0.2, -0.15) is 0 Å². The van der Waals surface area contributed by atoms with Crippen molar-refractivity contribution in [2.24, 2.45) is 0 Å². The van der Waals surface area contributed by atoms with Crippen molar-refractivity contribution >= 4 is 11.3 Å². The number of hydrogen-bond donors (Lipinski definition) is 1. The van der Waals surface area contributed by atoms with E-state index in [-0.39, 0.29) is 0 Å². The molecule has 0 fully saturated rings. The summed E-state index contributed by atoms with van der Waals surface area (Å²) in [6.07, 6.45) is 2.12. The largest absolute Gasteiger partial charge is 0.494 e. The van der Waals surface area contributed by atoms with Crippen molar-refractivity contribution in [1.29, 1.82) is 0 Å². The van der Waals surface area contributed by atoms with E-state index in [0.29, 0.717) is 12.1 Å². The Labute approximate surface area is 132 Å². The smallest absolute Gasteiger partial charge is 0.119 e. The highest BCUT2D eigenvalue weighted by Gasteiger charge is 2.10. The van der Waals surface area contributed by atoms with Crippen LogP contribution in [0.25, 0.3) is 0 Å². The van der Waals surface area contributed by atoms with Crippen LogP contribution < -0.4 is 10.1 Å². The van der Waals surface area contributed by atoms with Gasteiger partial charge in [-0.05, 0) is 55.8 Å². The zero-order valence-electron chi connectivity index (χ0n) is 13.1. The van der Waals surface area contributed by atoms with Gasteiger partial charge >= 0.3 is 0 Å². The van der Waals surface area contributed by atoms with Crippen LogP contribution in [-0.2, 0) is 6.42 Å². The minimum atomic E-state index is 0.347. The number of thiophene rings is 1. The quantitative estimate of drug-likeness (QED) is 0.755. The van der Waals surface area contributed by atoms with Gasteiger partial charge < -0.3 is 10.1 Å². The molecule has 2 atom stereocenters. The van der Waals surface area contributed by atoms with Gasteiger partial charge in [0.05, 0.1) is 6.61 Å². The first-order chi connectivity index (χ1) is 10.2. The molecule has 0 saturated carbocycles. The minimum Gasteiger partial charge on any atom is -0.494 e.